The zero-order valence-corrected chi connectivity index (χ0v) is 11.7. The molecule has 1 aliphatic heterocycles. The van der Waals surface area contributed by atoms with E-state index >= 15 is 0 Å². The van der Waals surface area contributed by atoms with Crippen molar-refractivity contribution in [2.75, 3.05) is 13.2 Å². The Morgan fingerprint density at radius 3 is 2.55 bits per heavy atom. The number of hydrogen-bond acceptors (Lipinski definition) is 5. The fraction of sp³-hybridized carbons (Fsp3) is 0.118. The van der Waals surface area contributed by atoms with Crippen LogP contribution in [0, 0.1) is 0 Å². The maximum atomic E-state index is 12.1. The van der Waals surface area contributed by atoms with E-state index in [0.717, 1.165) is 11.6 Å². The molecule has 2 N–H and O–H groups in total. The van der Waals surface area contributed by atoms with Gasteiger partial charge in [0.05, 0.1) is 5.56 Å². The van der Waals surface area contributed by atoms with Crippen LogP contribution in [0.5, 0.6) is 23.0 Å². The highest BCUT2D eigenvalue weighted by Gasteiger charge is 2.12. The van der Waals surface area contributed by atoms with Crippen molar-refractivity contribution < 1.29 is 24.5 Å². The minimum absolute atomic E-state index is 0.0927. The molecule has 0 bridgehead atoms. The molecule has 112 valence electrons. The number of phenols is 2. The third-order valence-corrected chi connectivity index (χ3v) is 3.24. The second-order valence-corrected chi connectivity index (χ2v) is 4.80. The number of ketones is 1. The predicted molar refractivity (Wildman–Crippen MR) is 80.6 cm³/mol. The molecule has 0 aromatic heterocycles. The summed E-state index contributed by atoms with van der Waals surface area (Å²) in [5.41, 5.74) is 0.919. The lowest BCUT2D eigenvalue weighted by atomic mass is 10.1. The Hall–Kier alpha value is -2.95. The lowest BCUT2D eigenvalue weighted by Gasteiger charge is -2.18. The highest BCUT2D eigenvalue weighted by atomic mass is 16.6. The SMILES string of the molecule is O=C(/C=C/c1ccc2c(c1)OCCO2)c1ccc(O)cc1O. The van der Waals surface area contributed by atoms with Crippen molar-refractivity contribution in [2.24, 2.45) is 0 Å². The molecule has 0 saturated heterocycles. The molecule has 0 fully saturated rings. The van der Waals surface area contributed by atoms with Crippen LogP contribution in [0.2, 0.25) is 0 Å². The Kier molecular flexibility index (Phi) is 3.70. The molecule has 2 aromatic rings. The summed E-state index contributed by atoms with van der Waals surface area (Å²) in [6, 6.07) is 9.25. The molecule has 1 heterocycles. The van der Waals surface area contributed by atoms with Crippen LogP contribution >= 0.6 is 0 Å². The van der Waals surface area contributed by atoms with Crippen molar-refractivity contribution in [1.29, 1.82) is 0 Å². The van der Waals surface area contributed by atoms with E-state index in [0.29, 0.717) is 24.7 Å². The lowest BCUT2D eigenvalue weighted by molar-refractivity contribution is 0.104. The molecular weight excluding hydrogens is 284 g/mol. The van der Waals surface area contributed by atoms with Crippen molar-refractivity contribution in [3.63, 3.8) is 0 Å². The molecular formula is C17H14O5. The number of carbonyl (C=O) groups excluding carboxylic acids is 1. The van der Waals surface area contributed by atoms with E-state index < -0.39 is 0 Å². The van der Waals surface area contributed by atoms with Crippen LogP contribution in [0.15, 0.2) is 42.5 Å². The fourth-order valence-electron chi connectivity index (χ4n) is 2.15. The summed E-state index contributed by atoms with van der Waals surface area (Å²) < 4.78 is 10.9. The molecule has 0 unspecified atom stereocenters. The fourth-order valence-corrected chi connectivity index (χ4v) is 2.15. The van der Waals surface area contributed by atoms with E-state index in [4.69, 9.17) is 9.47 Å². The summed E-state index contributed by atoms with van der Waals surface area (Å²) in [6.07, 6.45) is 2.99. The number of rotatable bonds is 3. The van der Waals surface area contributed by atoms with Crippen LogP contribution in [0.25, 0.3) is 6.08 Å². The second-order valence-electron chi connectivity index (χ2n) is 4.80. The first-order valence-corrected chi connectivity index (χ1v) is 6.77. The molecule has 0 saturated carbocycles. The van der Waals surface area contributed by atoms with Gasteiger partial charge in [-0.25, -0.2) is 0 Å². The first-order valence-electron chi connectivity index (χ1n) is 6.77. The van der Waals surface area contributed by atoms with Gasteiger partial charge in [-0.1, -0.05) is 12.1 Å². The van der Waals surface area contributed by atoms with Gasteiger partial charge >= 0.3 is 0 Å². The Bertz CT molecular complexity index is 749. The van der Waals surface area contributed by atoms with Crippen LogP contribution in [-0.2, 0) is 0 Å². The lowest BCUT2D eigenvalue weighted by Crippen LogP contribution is -2.15. The minimum atomic E-state index is -0.354. The average Bonchev–Trinajstić information content (AvgIpc) is 2.52. The maximum absolute atomic E-state index is 12.1. The monoisotopic (exact) mass is 298 g/mol. The van der Waals surface area contributed by atoms with Crippen LogP contribution < -0.4 is 9.47 Å². The van der Waals surface area contributed by atoms with Crippen molar-refractivity contribution >= 4 is 11.9 Å². The van der Waals surface area contributed by atoms with Gasteiger partial charge in [0.25, 0.3) is 0 Å². The van der Waals surface area contributed by atoms with E-state index in [2.05, 4.69) is 0 Å². The van der Waals surface area contributed by atoms with Gasteiger partial charge in [-0.15, -0.1) is 0 Å². The molecule has 0 aliphatic carbocycles. The zero-order valence-electron chi connectivity index (χ0n) is 11.7. The van der Waals surface area contributed by atoms with Crippen LogP contribution in [-0.4, -0.2) is 29.2 Å². The van der Waals surface area contributed by atoms with E-state index in [1.165, 1.54) is 18.2 Å². The van der Waals surface area contributed by atoms with Crippen molar-refractivity contribution in [2.45, 2.75) is 0 Å². The minimum Gasteiger partial charge on any atom is -0.508 e. The molecule has 5 heteroatoms. The first kappa shape index (κ1) is 14.0. The third-order valence-electron chi connectivity index (χ3n) is 3.24. The molecule has 3 rings (SSSR count). The van der Waals surface area contributed by atoms with E-state index in [1.807, 2.05) is 6.07 Å². The number of carbonyl (C=O) groups is 1. The average molecular weight is 298 g/mol. The molecule has 5 nitrogen and oxygen atoms in total. The standard InChI is InChI=1S/C17H14O5/c18-12-3-4-13(15(20)10-12)14(19)5-1-11-2-6-16-17(9-11)22-8-7-21-16/h1-6,9-10,18,20H,7-8H2/b5-1+. The summed E-state index contributed by atoms with van der Waals surface area (Å²) in [5.74, 6) is 0.633. The number of allylic oxidation sites excluding steroid dienone is 1. The van der Waals surface area contributed by atoms with Gasteiger partial charge in [-0.2, -0.15) is 0 Å². The number of hydrogen-bond donors (Lipinski definition) is 2. The molecule has 0 amide bonds. The number of phenolic OH excluding ortho intramolecular Hbond substituents is 2. The summed E-state index contributed by atoms with van der Waals surface area (Å²) in [6.45, 7) is 1.03. The highest BCUT2D eigenvalue weighted by Crippen LogP contribution is 2.31. The van der Waals surface area contributed by atoms with Gasteiger partial charge < -0.3 is 19.7 Å². The van der Waals surface area contributed by atoms with Crippen molar-refractivity contribution in [1.82, 2.24) is 0 Å². The van der Waals surface area contributed by atoms with Gasteiger partial charge in [-0.05, 0) is 35.9 Å². The maximum Gasteiger partial charge on any atom is 0.189 e. The molecule has 0 radical (unpaired) electrons. The van der Waals surface area contributed by atoms with Gasteiger partial charge in [0, 0.05) is 6.07 Å². The Labute approximate surface area is 127 Å². The van der Waals surface area contributed by atoms with E-state index in [9.17, 15) is 15.0 Å². The Morgan fingerprint density at radius 2 is 1.77 bits per heavy atom. The topological polar surface area (TPSA) is 76.0 Å². The Morgan fingerprint density at radius 1 is 1.00 bits per heavy atom. The highest BCUT2D eigenvalue weighted by molar-refractivity contribution is 6.08. The van der Waals surface area contributed by atoms with Crippen molar-refractivity contribution in [3.05, 3.63) is 53.6 Å². The van der Waals surface area contributed by atoms with Crippen LogP contribution in [0.1, 0.15) is 15.9 Å². The van der Waals surface area contributed by atoms with Crippen LogP contribution in [0.3, 0.4) is 0 Å². The number of aromatic hydroxyl groups is 2. The molecule has 0 atom stereocenters. The summed E-state index contributed by atoms with van der Waals surface area (Å²) in [7, 11) is 0. The van der Waals surface area contributed by atoms with Crippen molar-refractivity contribution in [3.8, 4) is 23.0 Å². The van der Waals surface area contributed by atoms with Crippen LogP contribution in [0.4, 0.5) is 0 Å². The first-order chi connectivity index (χ1) is 10.6. The van der Waals surface area contributed by atoms with Gasteiger partial charge in [0.1, 0.15) is 24.7 Å². The molecule has 0 spiro atoms. The smallest absolute Gasteiger partial charge is 0.189 e. The quantitative estimate of drug-likeness (QED) is 0.673. The summed E-state index contributed by atoms with van der Waals surface area (Å²) in [5, 5.41) is 18.9. The zero-order chi connectivity index (χ0) is 15.5. The third kappa shape index (κ3) is 2.88. The Balaban J connectivity index is 1.80. The molecule has 1 aliphatic rings. The number of fused-ring (bicyclic) bond motifs is 1. The largest absolute Gasteiger partial charge is 0.508 e. The summed E-state index contributed by atoms with van der Waals surface area (Å²) >= 11 is 0. The van der Waals surface area contributed by atoms with Gasteiger partial charge in [0.15, 0.2) is 17.3 Å². The predicted octanol–water partition coefficient (Wildman–Crippen LogP) is 2.77. The van der Waals surface area contributed by atoms with E-state index in [-0.39, 0.29) is 22.8 Å². The molecule has 22 heavy (non-hydrogen) atoms. The van der Waals surface area contributed by atoms with Gasteiger partial charge in [0.2, 0.25) is 0 Å². The summed E-state index contributed by atoms with van der Waals surface area (Å²) in [4.78, 5) is 12.1. The van der Waals surface area contributed by atoms with E-state index in [1.54, 1.807) is 18.2 Å². The second kappa shape index (κ2) is 5.81. The molecule has 2 aromatic carbocycles. The van der Waals surface area contributed by atoms with Gasteiger partial charge in [-0.3, -0.25) is 4.79 Å². The number of benzene rings is 2. The normalized spacial score (nSPS) is 13.3. The number of ether oxygens (including phenoxy) is 2.